The highest BCUT2D eigenvalue weighted by Gasteiger charge is 2.18. The van der Waals surface area contributed by atoms with E-state index in [4.69, 9.17) is 5.11 Å². The monoisotopic (exact) mass is 282 g/mol. The van der Waals surface area contributed by atoms with Gasteiger partial charge >= 0.3 is 12.0 Å². The summed E-state index contributed by atoms with van der Waals surface area (Å²) in [5.74, 6) is -0.574. The molecule has 0 radical (unpaired) electrons. The molecule has 0 heterocycles. The number of hydrogen-bond donors (Lipinski definition) is 3. The Morgan fingerprint density at radius 2 is 2.00 bits per heavy atom. The minimum atomic E-state index is -1.23. The Morgan fingerprint density at radius 1 is 1.25 bits per heavy atom. The topological polar surface area (TPSA) is 95.5 Å². The first-order valence-corrected chi connectivity index (χ1v) is 6.97. The lowest BCUT2D eigenvalue weighted by Crippen LogP contribution is -2.39. The van der Waals surface area contributed by atoms with Gasteiger partial charge in [0.05, 0.1) is 0 Å². The van der Waals surface area contributed by atoms with Crippen molar-refractivity contribution in [2.45, 2.75) is 39.0 Å². The van der Waals surface area contributed by atoms with E-state index in [0.717, 1.165) is 18.4 Å². The number of carboxylic acids is 1. The van der Waals surface area contributed by atoms with Crippen LogP contribution in [0.5, 0.6) is 0 Å². The van der Waals surface area contributed by atoms with Gasteiger partial charge in [-0.3, -0.25) is 10.1 Å². The van der Waals surface area contributed by atoms with Crippen LogP contribution in [0.3, 0.4) is 0 Å². The predicted molar refractivity (Wildman–Crippen MR) is 74.1 cm³/mol. The summed E-state index contributed by atoms with van der Waals surface area (Å²) in [5.41, 5.74) is 0. The van der Waals surface area contributed by atoms with Crippen molar-refractivity contribution >= 4 is 17.9 Å². The standard InChI is InChI=1S/C14H22N2O4/c1-10-3-2-4-11(9-10)7-8-15-14(20)16-12(17)5-6-13(18)19/h5-6,10-11H,2-4,7-9H2,1H3,(H,18,19)(H2,15,16,17,20). The first-order valence-electron chi connectivity index (χ1n) is 6.97. The number of carbonyl (C=O) groups is 3. The number of hydrogen-bond acceptors (Lipinski definition) is 3. The largest absolute Gasteiger partial charge is 0.478 e. The lowest BCUT2D eigenvalue weighted by Gasteiger charge is -2.26. The third-order valence-electron chi connectivity index (χ3n) is 3.50. The predicted octanol–water partition coefficient (Wildman–Crippen LogP) is 1.67. The molecule has 1 fully saturated rings. The lowest BCUT2D eigenvalue weighted by atomic mass is 9.81. The van der Waals surface area contributed by atoms with E-state index in [2.05, 4.69) is 12.2 Å². The van der Waals surface area contributed by atoms with Crippen LogP contribution in [-0.2, 0) is 9.59 Å². The first-order chi connectivity index (χ1) is 9.47. The third kappa shape index (κ3) is 6.92. The van der Waals surface area contributed by atoms with Crippen LogP contribution in [0.2, 0.25) is 0 Å². The van der Waals surface area contributed by atoms with Crippen LogP contribution in [-0.4, -0.2) is 29.6 Å². The van der Waals surface area contributed by atoms with Crippen molar-refractivity contribution in [3.05, 3.63) is 12.2 Å². The van der Waals surface area contributed by atoms with Crippen molar-refractivity contribution in [1.29, 1.82) is 0 Å². The normalized spacial score (nSPS) is 22.4. The number of carboxylic acid groups (broad SMARTS) is 1. The average Bonchev–Trinajstić information content (AvgIpc) is 2.36. The maximum absolute atomic E-state index is 11.4. The molecule has 0 aromatic heterocycles. The van der Waals surface area contributed by atoms with Gasteiger partial charge in [0.15, 0.2) is 0 Å². The number of urea groups is 1. The molecule has 20 heavy (non-hydrogen) atoms. The zero-order valence-corrected chi connectivity index (χ0v) is 11.7. The average molecular weight is 282 g/mol. The van der Waals surface area contributed by atoms with Crippen LogP contribution in [0.4, 0.5) is 4.79 Å². The summed E-state index contributed by atoms with van der Waals surface area (Å²) in [6.45, 7) is 2.78. The second-order valence-electron chi connectivity index (χ2n) is 5.34. The summed E-state index contributed by atoms with van der Waals surface area (Å²) >= 11 is 0. The molecule has 0 aromatic carbocycles. The van der Waals surface area contributed by atoms with Crippen molar-refractivity contribution in [2.75, 3.05) is 6.54 Å². The minimum absolute atomic E-state index is 0.527. The van der Waals surface area contributed by atoms with Gasteiger partial charge in [-0.25, -0.2) is 9.59 Å². The molecule has 0 bridgehead atoms. The molecule has 0 spiro atoms. The van der Waals surface area contributed by atoms with Gasteiger partial charge < -0.3 is 10.4 Å². The van der Waals surface area contributed by atoms with Crippen molar-refractivity contribution < 1.29 is 19.5 Å². The van der Waals surface area contributed by atoms with Crippen molar-refractivity contribution in [3.8, 4) is 0 Å². The molecular formula is C14H22N2O4. The molecule has 6 nitrogen and oxygen atoms in total. The summed E-state index contributed by atoms with van der Waals surface area (Å²) in [7, 11) is 0. The van der Waals surface area contributed by atoms with Gasteiger partial charge in [0.2, 0.25) is 0 Å². The molecule has 0 aromatic rings. The number of imide groups is 1. The van der Waals surface area contributed by atoms with E-state index in [1.165, 1.54) is 25.7 Å². The smallest absolute Gasteiger partial charge is 0.328 e. The van der Waals surface area contributed by atoms with Gasteiger partial charge in [-0.2, -0.15) is 0 Å². The molecule has 1 saturated carbocycles. The Kier molecular flexibility index (Phi) is 6.76. The Bertz CT molecular complexity index is 393. The highest BCUT2D eigenvalue weighted by atomic mass is 16.4. The molecule has 1 aliphatic rings. The Balaban J connectivity index is 2.16. The highest BCUT2D eigenvalue weighted by molar-refractivity contribution is 6.02. The van der Waals surface area contributed by atoms with Gasteiger partial charge in [-0.05, 0) is 24.7 Å². The molecule has 6 heteroatoms. The van der Waals surface area contributed by atoms with Crippen LogP contribution in [0.15, 0.2) is 12.2 Å². The van der Waals surface area contributed by atoms with Crippen LogP contribution < -0.4 is 10.6 Å². The molecule has 112 valence electrons. The summed E-state index contributed by atoms with van der Waals surface area (Å²) in [6.07, 6.45) is 7.34. The summed E-state index contributed by atoms with van der Waals surface area (Å²) in [5, 5.41) is 13.0. The Labute approximate surface area is 118 Å². The summed E-state index contributed by atoms with van der Waals surface area (Å²) < 4.78 is 0. The van der Waals surface area contributed by atoms with E-state index >= 15 is 0 Å². The van der Waals surface area contributed by atoms with Crippen molar-refractivity contribution in [1.82, 2.24) is 10.6 Å². The van der Waals surface area contributed by atoms with Crippen LogP contribution in [0.25, 0.3) is 0 Å². The van der Waals surface area contributed by atoms with E-state index in [9.17, 15) is 14.4 Å². The van der Waals surface area contributed by atoms with Gasteiger partial charge in [-0.15, -0.1) is 0 Å². The maximum atomic E-state index is 11.4. The van der Waals surface area contributed by atoms with E-state index in [0.29, 0.717) is 18.5 Å². The lowest BCUT2D eigenvalue weighted by molar-refractivity contribution is -0.131. The molecule has 3 N–H and O–H groups in total. The van der Waals surface area contributed by atoms with Crippen LogP contribution in [0.1, 0.15) is 39.0 Å². The Hall–Kier alpha value is -1.85. The fourth-order valence-corrected chi connectivity index (χ4v) is 2.56. The third-order valence-corrected chi connectivity index (χ3v) is 3.50. The number of nitrogens with one attached hydrogen (secondary N) is 2. The molecule has 2 atom stereocenters. The first kappa shape index (κ1) is 16.2. The number of rotatable bonds is 5. The molecular weight excluding hydrogens is 260 g/mol. The molecule has 1 rings (SSSR count). The molecule has 3 amide bonds. The fraction of sp³-hybridized carbons (Fsp3) is 0.643. The van der Waals surface area contributed by atoms with E-state index in [-0.39, 0.29) is 0 Å². The minimum Gasteiger partial charge on any atom is -0.478 e. The summed E-state index contributed by atoms with van der Waals surface area (Å²) in [4.78, 5) is 32.7. The molecule has 0 aliphatic heterocycles. The quantitative estimate of drug-likeness (QED) is 0.668. The molecule has 2 unspecified atom stereocenters. The SMILES string of the molecule is CC1CCCC(CCNC(=O)NC(=O)C=CC(=O)O)C1. The molecule has 0 saturated heterocycles. The van der Waals surface area contributed by atoms with Crippen molar-refractivity contribution in [2.24, 2.45) is 11.8 Å². The maximum Gasteiger partial charge on any atom is 0.328 e. The second-order valence-corrected chi connectivity index (χ2v) is 5.34. The van der Waals surface area contributed by atoms with E-state index < -0.39 is 17.9 Å². The van der Waals surface area contributed by atoms with Crippen molar-refractivity contribution in [3.63, 3.8) is 0 Å². The molecule has 1 aliphatic carbocycles. The summed E-state index contributed by atoms with van der Waals surface area (Å²) in [6, 6.07) is -0.589. The highest BCUT2D eigenvalue weighted by Crippen LogP contribution is 2.30. The fourth-order valence-electron chi connectivity index (χ4n) is 2.56. The van der Waals surface area contributed by atoms with Gasteiger partial charge in [-0.1, -0.05) is 26.2 Å². The van der Waals surface area contributed by atoms with E-state index in [1.807, 2.05) is 5.32 Å². The Morgan fingerprint density at radius 3 is 2.65 bits per heavy atom. The zero-order chi connectivity index (χ0) is 15.0. The van der Waals surface area contributed by atoms with Gasteiger partial charge in [0.1, 0.15) is 0 Å². The van der Waals surface area contributed by atoms with E-state index in [1.54, 1.807) is 0 Å². The van der Waals surface area contributed by atoms with Gasteiger partial charge in [0.25, 0.3) is 5.91 Å². The number of carbonyl (C=O) groups excluding carboxylic acids is 2. The number of aliphatic carboxylic acids is 1. The van der Waals surface area contributed by atoms with Gasteiger partial charge in [0, 0.05) is 18.7 Å². The number of amides is 3. The zero-order valence-electron chi connectivity index (χ0n) is 11.7. The van der Waals surface area contributed by atoms with Crippen LogP contribution in [0, 0.1) is 11.8 Å². The van der Waals surface area contributed by atoms with Crippen LogP contribution >= 0.6 is 0 Å². The second kappa shape index (κ2) is 8.35.